The standard InChI is InChI=1S/C11H5Br2N/c12-10-4-8-2-1-7(6-14)3-9(8)5-11(10)13/h1-5H. The summed E-state index contributed by atoms with van der Waals surface area (Å²) in [6, 6.07) is 11.8. The predicted molar refractivity (Wildman–Crippen MR) is 64.1 cm³/mol. The number of hydrogen-bond acceptors (Lipinski definition) is 1. The van der Waals surface area contributed by atoms with Gasteiger partial charge in [0.1, 0.15) is 0 Å². The molecule has 14 heavy (non-hydrogen) atoms. The summed E-state index contributed by atoms with van der Waals surface area (Å²) in [5.41, 5.74) is 0.687. The van der Waals surface area contributed by atoms with E-state index in [1.165, 1.54) is 0 Å². The van der Waals surface area contributed by atoms with Crippen LogP contribution in [0.3, 0.4) is 0 Å². The van der Waals surface area contributed by atoms with Crippen molar-refractivity contribution in [1.29, 1.82) is 5.26 Å². The quantitative estimate of drug-likeness (QED) is 0.714. The van der Waals surface area contributed by atoms with Gasteiger partial charge >= 0.3 is 0 Å². The minimum absolute atomic E-state index is 0.687. The van der Waals surface area contributed by atoms with E-state index in [-0.39, 0.29) is 0 Å². The van der Waals surface area contributed by atoms with E-state index in [1.807, 2.05) is 30.3 Å². The van der Waals surface area contributed by atoms with Crippen molar-refractivity contribution >= 4 is 42.6 Å². The molecule has 1 nitrogen and oxygen atoms in total. The number of rotatable bonds is 0. The Hall–Kier alpha value is -0.850. The van der Waals surface area contributed by atoms with E-state index in [1.54, 1.807) is 0 Å². The fourth-order valence-corrected chi connectivity index (χ4v) is 2.03. The van der Waals surface area contributed by atoms with Crippen LogP contribution in [0.4, 0.5) is 0 Å². The molecule has 0 aliphatic heterocycles. The first-order chi connectivity index (χ1) is 6.70. The molecule has 0 fully saturated rings. The second-order valence-electron chi connectivity index (χ2n) is 2.94. The van der Waals surface area contributed by atoms with Crippen molar-refractivity contribution in [3.63, 3.8) is 0 Å². The van der Waals surface area contributed by atoms with E-state index in [0.717, 1.165) is 19.7 Å². The Morgan fingerprint density at radius 1 is 0.929 bits per heavy atom. The summed E-state index contributed by atoms with van der Waals surface area (Å²) >= 11 is 6.87. The fraction of sp³-hybridized carbons (Fsp3) is 0. The third kappa shape index (κ3) is 1.68. The lowest BCUT2D eigenvalue weighted by molar-refractivity contribution is 1.49. The summed E-state index contributed by atoms with van der Waals surface area (Å²) in [5, 5.41) is 10.9. The van der Waals surface area contributed by atoms with Crippen LogP contribution in [-0.4, -0.2) is 0 Å². The Morgan fingerprint density at radius 2 is 1.57 bits per heavy atom. The molecular formula is C11H5Br2N. The van der Waals surface area contributed by atoms with Crippen molar-refractivity contribution < 1.29 is 0 Å². The van der Waals surface area contributed by atoms with Gasteiger partial charge in [0, 0.05) is 8.95 Å². The van der Waals surface area contributed by atoms with E-state index in [4.69, 9.17) is 5.26 Å². The van der Waals surface area contributed by atoms with Crippen molar-refractivity contribution in [3.05, 3.63) is 44.8 Å². The predicted octanol–water partition coefficient (Wildman–Crippen LogP) is 4.24. The molecule has 0 spiro atoms. The van der Waals surface area contributed by atoms with Gasteiger partial charge in [-0.2, -0.15) is 5.26 Å². The lowest BCUT2D eigenvalue weighted by Crippen LogP contribution is -1.78. The second kappa shape index (κ2) is 3.72. The number of benzene rings is 2. The summed E-state index contributed by atoms with van der Waals surface area (Å²) in [6.45, 7) is 0. The Bertz CT molecular complexity index is 541. The molecule has 0 N–H and O–H groups in total. The maximum Gasteiger partial charge on any atom is 0.0991 e. The highest BCUT2D eigenvalue weighted by molar-refractivity contribution is 9.13. The molecule has 0 unspecified atom stereocenters. The van der Waals surface area contributed by atoms with Gasteiger partial charge in [-0.25, -0.2) is 0 Å². The largest absolute Gasteiger partial charge is 0.192 e. The zero-order valence-electron chi connectivity index (χ0n) is 7.09. The van der Waals surface area contributed by atoms with Crippen molar-refractivity contribution in [2.45, 2.75) is 0 Å². The van der Waals surface area contributed by atoms with Crippen LogP contribution in [0.15, 0.2) is 39.3 Å². The molecular weight excluding hydrogens is 306 g/mol. The monoisotopic (exact) mass is 309 g/mol. The van der Waals surface area contributed by atoms with Crippen LogP contribution >= 0.6 is 31.9 Å². The van der Waals surface area contributed by atoms with Gasteiger partial charge in [0.2, 0.25) is 0 Å². The van der Waals surface area contributed by atoms with Crippen molar-refractivity contribution in [2.75, 3.05) is 0 Å². The van der Waals surface area contributed by atoms with Gasteiger partial charge in [0.25, 0.3) is 0 Å². The van der Waals surface area contributed by atoms with Gasteiger partial charge in [0.05, 0.1) is 11.6 Å². The number of nitrogens with zero attached hydrogens (tertiary/aromatic N) is 1. The first-order valence-electron chi connectivity index (χ1n) is 3.99. The van der Waals surface area contributed by atoms with Crippen molar-refractivity contribution in [1.82, 2.24) is 0 Å². The van der Waals surface area contributed by atoms with E-state index in [0.29, 0.717) is 5.56 Å². The number of hydrogen-bond donors (Lipinski definition) is 0. The molecule has 0 aliphatic rings. The molecule has 68 valence electrons. The maximum atomic E-state index is 8.75. The molecule has 0 saturated heterocycles. The summed E-state index contributed by atoms with van der Waals surface area (Å²) in [6.07, 6.45) is 0. The zero-order valence-corrected chi connectivity index (χ0v) is 10.3. The van der Waals surface area contributed by atoms with Crippen LogP contribution in [0.2, 0.25) is 0 Å². The normalized spacial score (nSPS) is 10.1. The van der Waals surface area contributed by atoms with Crippen LogP contribution in [-0.2, 0) is 0 Å². The van der Waals surface area contributed by atoms with Crippen LogP contribution < -0.4 is 0 Å². The van der Waals surface area contributed by atoms with Gasteiger partial charge in [-0.1, -0.05) is 6.07 Å². The number of fused-ring (bicyclic) bond motifs is 1. The van der Waals surface area contributed by atoms with Gasteiger partial charge in [-0.3, -0.25) is 0 Å². The first-order valence-corrected chi connectivity index (χ1v) is 5.58. The molecule has 0 radical (unpaired) electrons. The molecule has 0 heterocycles. The van der Waals surface area contributed by atoms with Crippen molar-refractivity contribution in [3.8, 4) is 6.07 Å². The average molecular weight is 311 g/mol. The Balaban J connectivity index is 2.78. The fourth-order valence-electron chi connectivity index (χ4n) is 1.31. The molecule has 0 atom stereocenters. The highest BCUT2D eigenvalue weighted by atomic mass is 79.9. The molecule has 0 aromatic heterocycles. The topological polar surface area (TPSA) is 23.8 Å². The molecule has 3 heteroatoms. The molecule has 0 saturated carbocycles. The first kappa shape index (κ1) is 9.70. The van der Waals surface area contributed by atoms with E-state index in [9.17, 15) is 0 Å². The smallest absolute Gasteiger partial charge is 0.0991 e. The summed E-state index contributed by atoms with van der Waals surface area (Å²) < 4.78 is 2.02. The zero-order chi connectivity index (χ0) is 10.1. The molecule has 2 aromatic carbocycles. The molecule has 2 rings (SSSR count). The molecule has 0 amide bonds. The minimum atomic E-state index is 0.687. The van der Waals surface area contributed by atoms with Gasteiger partial charge in [-0.05, 0) is 66.9 Å². The summed E-state index contributed by atoms with van der Waals surface area (Å²) in [7, 11) is 0. The third-order valence-corrected chi connectivity index (χ3v) is 3.85. The highest BCUT2D eigenvalue weighted by Crippen LogP contribution is 2.28. The molecule has 0 bridgehead atoms. The Labute approximate surface area is 98.6 Å². The van der Waals surface area contributed by atoms with E-state index >= 15 is 0 Å². The Kier molecular flexibility index (Phi) is 2.58. The lowest BCUT2D eigenvalue weighted by Gasteiger charge is -2.01. The van der Waals surface area contributed by atoms with Gasteiger partial charge < -0.3 is 0 Å². The SMILES string of the molecule is N#Cc1ccc2cc(Br)c(Br)cc2c1. The van der Waals surface area contributed by atoms with Gasteiger partial charge in [-0.15, -0.1) is 0 Å². The van der Waals surface area contributed by atoms with E-state index in [2.05, 4.69) is 37.9 Å². The molecule has 2 aromatic rings. The number of halogens is 2. The van der Waals surface area contributed by atoms with Gasteiger partial charge in [0.15, 0.2) is 0 Å². The maximum absolute atomic E-state index is 8.75. The summed E-state index contributed by atoms with van der Waals surface area (Å²) in [4.78, 5) is 0. The van der Waals surface area contributed by atoms with Crippen LogP contribution in [0.5, 0.6) is 0 Å². The van der Waals surface area contributed by atoms with Crippen LogP contribution in [0, 0.1) is 11.3 Å². The average Bonchev–Trinajstić information content (AvgIpc) is 2.19. The summed E-state index contributed by atoms with van der Waals surface area (Å²) in [5.74, 6) is 0. The van der Waals surface area contributed by atoms with Crippen LogP contribution in [0.1, 0.15) is 5.56 Å². The second-order valence-corrected chi connectivity index (χ2v) is 4.65. The van der Waals surface area contributed by atoms with E-state index < -0.39 is 0 Å². The van der Waals surface area contributed by atoms with Crippen LogP contribution in [0.25, 0.3) is 10.8 Å². The highest BCUT2D eigenvalue weighted by Gasteiger charge is 2.00. The third-order valence-electron chi connectivity index (χ3n) is 2.01. The minimum Gasteiger partial charge on any atom is -0.192 e. The molecule has 0 aliphatic carbocycles. The Morgan fingerprint density at radius 3 is 2.21 bits per heavy atom. The number of nitriles is 1. The van der Waals surface area contributed by atoms with Crippen molar-refractivity contribution in [2.24, 2.45) is 0 Å². The lowest BCUT2D eigenvalue weighted by atomic mass is 10.1.